The molecule has 1 unspecified atom stereocenters. The summed E-state index contributed by atoms with van der Waals surface area (Å²) < 4.78 is 18.1. The second-order valence-corrected chi connectivity index (χ2v) is 6.09. The maximum atomic E-state index is 12.4. The van der Waals surface area contributed by atoms with Gasteiger partial charge in [-0.1, -0.05) is 60.7 Å². The van der Waals surface area contributed by atoms with E-state index in [0.717, 1.165) is 27.0 Å². The SMILES string of the molecule is O=[p+]1oc2c(-c3ccccc3)cccc2c2ccccc21. The Morgan fingerprint density at radius 2 is 1.43 bits per heavy atom. The Balaban J connectivity index is 2.19. The average molecular weight is 291 g/mol. The van der Waals surface area contributed by atoms with Crippen LogP contribution in [-0.2, 0) is 4.57 Å². The van der Waals surface area contributed by atoms with E-state index in [0.29, 0.717) is 5.58 Å². The number of rotatable bonds is 1. The average Bonchev–Trinajstić information content (AvgIpc) is 2.56. The van der Waals surface area contributed by atoms with Crippen molar-refractivity contribution in [2.45, 2.75) is 0 Å². The molecule has 0 amide bonds. The predicted octanol–water partition coefficient (Wildman–Crippen LogP) is 6.00. The zero-order chi connectivity index (χ0) is 14.2. The zero-order valence-electron chi connectivity index (χ0n) is 11.2. The zero-order valence-corrected chi connectivity index (χ0v) is 12.1. The molecule has 0 saturated heterocycles. The molecular formula is C18H12O2P+. The lowest BCUT2D eigenvalue weighted by Crippen LogP contribution is -1.81. The van der Waals surface area contributed by atoms with Crippen LogP contribution in [0.4, 0.5) is 0 Å². The van der Waals surface area contributed by atoms with Crippen LogP contribution in [0.2, 0.25) is 0 Å². The molecule has 4 rings (SSSR count). The Kier molecular flexibility index (Phi) is 2.83. The molecule has 2 nitrogen and oxygen atoms in total. The van der Waals surface area contributed by atoms with Crippen LogP contribution < -0.4 is 0 Å². The second kappa shape index (κ2) is 4.83. The van der Waals surface area contributed by atoms with Gasteiger partial charge in [0, 0.05) is 16.3 Å². The van der Waals surface area contributed by atoms with Crippen LogP contribution in [0.15, 0.2) is 77.0 Å². The van der Waals surface area contributed by atoms with E-state index >= 15 is 0 Å². The van der Waals surface area contributed by atoms with Gasteiger partial charge in [0.1, 0.15) is 0 Å². The highest BCUT2D eigenvalue weighted by Crippen LogP contribution is 2.39. The lowest BCUT2D eigenvalue weighted by atomic mass is 10.0. The van der Waals surface area contributed by atoms with Gasteiger partial charge in [-0.2, -0.15) is 0 Å². The van der Waals surface area contributed by atoms with Gasteiger partial charge >= 0.3 is 7.65 Å². The first-order valence-electron chi connectivity index (χ1n) is 6.77. The van der Waals surface area contributed by atoms with E-state index < -0.39 is 7.65 Å². The molecule has 0 saturated carbocycles. The fraction of sp³-hybridized carbons (Fsp3) is 0. The maximum absolute atomic E-state index is 12.4. The highest BCUT2D eigenvalue weighted by Gasteiger charge is 2.18. The monoisotopic (exact) mass is 291 g/mol. The lowest BCUT2D eigenvalue weighted by Gasteiger charge is -2.03. The Labute approximate surface area is 122 Å². The smallest absolute Gasteiger partial charge is 0.249 e. The summed E-state index contributed by atoms with van der Waals surface area (Å²) >= 11 is 0. The van der Waals surface area contributed by atoms with Gasteiger partial charge < -0.3 is 0 Å². The van der Waals surface area contributed by atoms with Gasteiger partial charge in [0.25, 0.3) is 0 Å². The van der Waals surface area contributed by atoms with Crippen molar-refractivity contribution in [3.8, 4) is 11.1 Å². The third-order valence-electron chi connectivity index (χ3n) is 3.66. The molecule has 4 aromatic rings. The van der Waals surface area contributed by atoms with Gasteiger partial charge in [0.2, 0.25) is 10.7 Å². The first kappa shape index (κ1) is 12.3. The molecule has 0 fully saturated rings. The maximum Gasteiger partial charge on any atom is 0.597 e. The van der Waals surface area contributed by atoms with Crippen LogP contribution >= 0.6 is 7.65 Å². The molecule has 0 aliphatic heterocycles. The fourth-order valence-electron chi connectivity index (χ4n) is 2.69. The quantitative estimate of drug-likeness (QED) is 0.403. The van der Waals surface area contributed by atoms with E-state index in [1.807, 2.05) is 72.8 Å². The van der Waals surface area contributed by atoms with Gasteiger partial charge in [-0.3, -0.25) is 0 Å². The molecule has 0 radical (unpaired) electrons. The lowest BCUT2D eigenvalue weighted by molar-refractivity contribution is 0.563. The van der Waals surface area contributed by atoms with Crippen molar-refractivity contribution in [3.05, 3.63) is 72.8 Å². The molecule has 0 N–H and O–H groups in total. The molecular weight excluding hydrogens is 279 g/mol. The molecule has 1 aromatic heterocycles. The molecule has 1 atom stereocenters. The highest BCUT2D eigenvalue weighted by molar-refractivity contribution is 7.37. The van der Waals surface area contributed by atoms with Crippen molar-refractivity contribution in [1.82, 2.24) is 0 Å². The molecule has 3 aromatic carbocycles. The normalized spacial score (nSPS) is 11.9. The summed E-state index contributed by atoms with van der Waals surface area (Å²) in [7, 11) is -1.85. The topological polar surface area (TPSA) is 30.2 Å². The van der Waals surface area contributed by atoms with Crippen LogP contribution in [0, 0.1) is 0 Å². The molecule has 0 aliphatic rings. The summed E-state index contributed by atoms with van der Waals surface area (Å²) in [6, 6.07) is 23.8. The first-order chi connectivity index (χ1) is 10.3. The second-order valence-electron chi connectivity index (χ2n) is 4.91. The van der Waals surface area contributed by atoms with Crippen molar-refractivity contribution in [2.24, 2.45) is 0 Å². The van der Waals surface area contributed by atoms with E-state index in [9.17, 15) is 4.57 Å². The number of fused-ring (bicyclic) bond motifs is 3. The van der Waals surface area contributed by atoms with Crippen molar-refractivity contribution < 1.29 is 8.76 Å². The molecule has 100 valence electrons. The number of benzene rings is 3. The Bertz CT molecular complexity index is 1000. The summed E-state index contributed by atoms with van der Waals surface area (Å²) in [5, 5.41) is 2.77. The third-order valence-corrected chi connectivity index (χ3v) is 4.80. The standard InChI is InChI=1S/C18H12O2P/c19-21-17-12-5-4-9-15(17)16-11-6-10-14(18(16)20-21)13-7-2-1-3-8-13/h1-12H/q+1. The minimum absolute atomic E-state index is 0.712. The third kappa shape index (κ3) is 1.96. The van der Waals surface area contributed by atoms with Crippen molar-refractivity contribution in [1.29, 1.82) is 0 Å². The van der Waals surface area contributed by atoms with Crippen molar-refractivity contribution in [2.75, 3.05) is 0 Å². The molecule has 1 heterocycles. The Morgan fingerprint density at radius 1 is 0.714 bits per heavy atom. The summed E-state index contributed by atoms with van der Waals surface area (Å²) in [5.74, 6) is 0. The summed E-state index contributed by atoms with van der Waals surface area (Å²) in [4.78, 5) is 0. The Hall–Kier alpha value is -2.44. The van der Waals surface area contributed by atoms with Gasteiger partial charge in [0.15, 0.2) is 0 Å². The van der Waals surface area contributed by atoms with Crippen LogP contribution in [0.5, 0.6) is 0 Å². The van der Waals surface area contributed by atoms with Crippen LogP contribution in [0.25, 0.3) is 32.6 Å². The van der Waals surface area contributed by atoms with E-state index in [1.54, 1.807) is 0 Å². The molecule has 0 bridgehead atoms. The first-order valence-corrected chi connectivity index (χ1v) is 7.95. The summed E-state index contributed by atoms with van der Waals surface area (Å²) in [5.41, 5.74) is 2.76. The van der Waals surface area contributed by atoms with Gasteiger partial charge in [0.05, 0.1) is 0 Å². The minimum Gasteiger partial charge on any atom is -0.249 e. The molecule has 3 heteroatoms. The predicted molar refractivity (Wildman–Crippen MR) is 86.8 cm³/mol. The molecule has 0 spiro atoms. The van der Waals surface area contributed by atoms with Gasteiger partial charge in [-0.05, 0) is 22.3 Å². The molecule has 21 heavy (non-hydrogen) atoms. The largest absolute Gasteiger partial charge is 0.597 e. The van der Waals surface area contributed by atoms with E-state index in [-0.39, 0.29) is 0 Å². The van der Waals surface area contributed by atoms with Gasteiger partial charge in [-0.15, -0.1) is 0 Å². The summed E-state index contributed by atoms with van der Waals surface area (Å²) in [6.45, 7) is 0. The highest BCUT2D eigenvalue weighted by atomic mass is 31.1. The Morgan fingerprint density at radius 3 is 2.29 bits per heavy atom. The van der Waals surface area contributed by atoms with Crippen molar-refractivity contribution >= 4 is 29.1 Å². The number of hydrogen-bond donors (Lipinski definition) is 0. The van der Waals surface area contributed by atoms with E-state index in [1.165, 1.54) is 0 Å². The summed E-state index contributed by atoms with van der Waals surface area (Å²) in [6.07, 6.45) is 0. The minimum atomic E-state index is -1.85. The van der Waals surface area contributed by atoms with Crippen LogP contribution in [0.1, 0.15) is 0 Å². The van der Waals surface area contributed by atoms with E-state index in [4.69, 9.17) is 4.20 Å². The fourth-order valence-corrected chi connectivity index (χ4v) is 3.75. The van der Waals surface area contributed by atoms with Gasteiger partial charge in [-0.25, -0.2) is 4.20 Å². The number of hydrogen-bond acceptors (Lipinski definition) is 2. The van der Waals surface area contributed by atoms with E-state index in [2.05, 4.69) is 0 Å². The van der Waals surface area contributed by atoms with Crippen LogP contribution in [-0.4, -0.2) is 0 Å². The van der Waals surface area contributed by atoms with Crippen molar-refractivity contribution in [3.63, 3.8) is 0 Å². The number of para-hydroxylation sites is 1. The van der Waals surface area contributed by atoms with Crippen LogP contribution in [0.3, 0.4) is 0 Å². The molecule has 0 aliphatic carbocycles.